The Kier molecular flexibility index (Phi) is 9.49. The van der Waals surface area contributed by atoms with E-state index in [1.165, 1.54) is 34.9 Å². The van der Waals surface area contributed by atoms with Crippen LogP contribution in [0.15, 0.2) is 91.0 Å². The van der Waals surface area contributed by atoms with Crippen molar-refractivity contribution in [3.05, 3.63) is 102 Å². The van der Waals surface area contributed by atoms with Crippen LogP contribution >= 0.6 is 24.8 Å². The average Bonchev–Trinajstić information content (AvgIpc) is 2.85. The van der Waals surface area contributed by atoms with Gasteiger partial charge in [0, 0.05) is 29.6 Å². The number of benzene rings is 3. The number of nitrogens with zero attached hydrogens (tertiary/aromatic N) is 2. The second-order valence-electron chi connectivity index (χ2n) is 8.90. The largest absolute Gasteiger partial charge is 0.307 e. The first kappa shape index (κ1) is 26.2. The Bertz CT molecular complexity index is 1160. The standard InChI is InChI=1S/C29H31N3.2ClH/c1-22(30-25-16-18-32(19-17-25)21-23-10-4-2-5-11-23)27-20-29(24-12-6-3-7-13-24)31-28-15-9-8-14-26(27)28;;/h2-15,20,22,25,30H,16-19,21H2,1H3;2*1H. The molecule has 34 heavy (non-hydrogen) atoms. The molecule has 1 atom stereocenters. The van der Waals surface area contributed by atoms with E-state index < -0.39 is 0 Å². The van der Waals surface area contributed by atoms with Gasteiger partial charge in [-0.25, -0.2) is 4.98 Å². The van der Waals surface area contributed by atoms with Crippen molar-refractivity contribution < 1.29 is 0 Å². The molecule has 5 heteroatoms. The van der Waals surface area contributed by atoms with Crippen molar-refractivity contribution in [2.24, 2.45) is 0 Å². The summed E-state index contributed by atoms with van der Waals surface area (Å²) < 4.78 is 0. The van der Waals surface area contributed by atoms with Gasteiger partial charge in [-0.1, -0.05) is 78.9 Å². The molecule has 3 nitrogen and oxygen atoms in total. The Morgan fingerprint density at radius 3 is 2.18 bits per heavy atom. The summed E-state index contributed by atoms with van der Waals surface area (Å²) in [7, 11) is 0. The molecule has 0 amide bonds. The number of likely N-dealkylation sites (tertiary alicyclic amines) is 1. The number of hydrogen-bond donors (Lipinski definition) is 1. The van der Waals surface area contributed by atoms with Crippen molar-refractivity contribution in [1.82, 2.24) is 15.2 Å². The molecular weight excluding hydrogens is 461 g/mol. The number of para-hydroxylation sites is 1. The maximum Gasteiger partial charge on any atom is 0.0713 e. The molecule has 4 aromatic rings. The van der Waals surface area contributed by atoms with Crippen molar-refractivity contribution in [1.29, 1.82) is 0 Å². The number of fused-ring (bicyclic) bond motifs is 1. The lowest BCUT2D eigenvalue weighted by Crippen LogP contribution is -2.43. The smallest absolute Gasteiger partial charge is 0.0713 e. The van der Waals surface area contributed by atoms with E-state index in [4.69, 9.17) is 4.98 Å². The van der Waals surface area contributed by atoms with Crippen LogP contribution in [0, 0.1) is 0 Å². The Hall–Kier alpha value is -2.43. The highest BCUT2D eigenvalue weighted by Crippen LogP contribution is 2.29. The van der Waals surface area contributed by atoms with Crippen molar-refractivity contribution in [2.45, 2.75) is 38.4 Å². The monoisotopic (exact) mass is 493 g/mol. The van der Waals surface area contributed by atoms with Crippen molar-refractivity contribution >= 4 is 35.7 Å². The number of aromatic nitrogens is 1. The summed E-state index contributed by atoms with van der Waals surface area (Å²) in [5.74, 6) is 0. The summed E-state index contributed by atoms with van der Waals surface area (Å²) >= 11 is 0. The minimum atomic E-state index is 0. The highest BCUT2D eigenvalue weighted by atomic mass is 35.5. The first-order chi connectivity index (χ1) is 15.8. The minimum Gasteiger partial charge on any atom is -0.307 e. The highest BCUT2D eigenvalue weighted by Gasteiger charge is 2.22. The first-order valence-corrected chi connectivity index (χ1v) is 11.7. The molecule has 178 valence electrons. The van der Waals surface area contributed by atoms with E-state index >= 15 is 0 Å². The van der Waals surface area contributed by atoms with Gasteiger partial charge in [0.2, 0.25) is 0 Å². The Labute approximate surface area is 215 Å². The Balaban J connectivity index is 0.00000162. The molecule has 1 saturated heterocycles. The van der Waals surface area contributed by atoms with Gasteiger partial charge in [-0.3, -0.25) is 4.90 Å². The molecule has 2 heterocycles. The van der Waals surface area contributed by atoms with Gasteiger partial charge in [0.25, 0.3) is 0 Å². The molecule has 0 radical (unpaired) electrons. The first-order valence-electron chi connectivity index (χ1n) is 11.7. The lowest BCUT2D eigenvalue weighted by Gasteiger charge is -2.34. The van der Waals surface area contributed by atoms with Crippen LogP contribution in [0.25, 0.3) is 22.2 Å². The molecule has 5 rings (SSSR count). The SMILES string of the molecule is CC(NC1CCN(Cc2ccccc2)CC1)c1cc(-c2ccccc2)nc2ccccc12.Cl.Cl. The number of piperidine rings is 1. The zero-order valence-corrected chi connectivity index (χ0v) is 21.2. The molecule has 1 aromatic heterocycles. The van der Waals surface area contributed by atoms with Gasteiger partial charge in [-0.15, -0.1) is 24.8 Å². The van der Waals surface area contributed by atoms with Crippen molar-refractivity contribution in [3.63, 3.8) is 0 Å². The number of rotatable bonds is 6. The summed E-state index contributed by atoms with van der Waals surface area (Å²) in [4.78, 5) is 7.53. The summed E-state index contributed by atoms with van der Waals surface area (Å²) in [5, 5.41) is 5.18. The van der Waals surface area contributed by atoms with Crippen LogP contribution in [0.1, 0.15) is 36.9 Å². The third-order valence-electron chi connectivity index (χ3n) is 6.61. The fourth-order valence-electron chi connectivity index (χ4n) is 4.86. The fraction of sp³-hybridized carbons (Fsp3) is 0.276. The van der Waals surface area contributed by atoms with Gasteiger partial charge < -0.3 is 5.32 Å². The van der Waals surface area contributed by atoms with Gasteiger partial charge in [0.15, 0.2) is 0 Å². The van der Waals surface area contributed by atoms with Gasteiger partial charge in [0.05, 0.1) is 11.2 Å². The molecular formula is C29H33Cl2N3. The quantitative estimate of drug-likeness (QED) is 0.311. The highest BCUT2D eigenvalue weighted by molar-refractivity contribution is 5.86. The third kappa shape index (κ3) is 6.17. The predicted octanol–water partition coefficient (Wildman–Crippen LogP) is 7.06. The summed E-state index contributed by atoms with van der Waals surface area (Å²) in [6, 6.07) is 32.9. The normalized spacial score (nSPS) is 15.3. The zero-order valence-electron chi connectivity index (χ0n) is 19.6. The van der Waals surface area contributed by atoms with Crippen LogP contribution < -0.4 is 5.32 Å². The molecule has 1 aliphatic heterocycles. The number of nitrogens with one attached hydrogen (secondary N) is 1. The molecule has 1 unspecified atom stereocenters. The van der Waals surface area contributed by atoms with Crippen LogP contribution in [0.3, 0.4) is 0 Å². The topological polar surface area (TPSA) is 28.2 Å². The van der Waals surface area contributed by atoms with Crippen molar-refractivity contribution in [3.8, 4) is 11.3 Å². The summed E-state index contributed by atoms with van der Waals surface area (Å²) in [6.45, 7) is 5.64. The maximum absolute atomic E-state index is 4.95. The van der Waals surface area contributed by atoms with E-state index in [0.717, 1.165) is 30.8 Å². The van der Waals surface area contributed by atoms with Crippen LogP contribution in [0.2, 0.25) is 0 Å². The van der Waals surface area contributed by atoms with Crippen LogP contribution in [0.4, 0.5) is 0 Å². The predicted molar refractivity (Wildman–Crippen MR) is 148 cm³/mol. The molecule has 0 spiro atoms. The van der Waals surface area contributed by atoms with Crippen LogP contribution in [-0.2, 0) is 6.54 Å². The van der Waals surface area contributed by atoms with E-state index in [2.05, 4.69) is 108 Å². The van der Waals surface area contributed by atoms with E-state index in [1.807, 2.05) is 0 Å². The molecule has 0 saturated carbocycles. The lowest BCUT2D eigenvalue weighted by molar-refractivity contribution is 0.185. The second kappa shape index (κ2) is 12.3. The van der Waals surface area contributed by atoms with Gasteiger partial charge in [-0.05, 0) is 56.1 Å². The molecule has 0 aliphatic carbocycles. The minimum absolute atomic E-state index is 0. The van der Waals surface area contributed by atoms with Gasteiger partial charge in [-0.2, -0.15) is 0 Å². The second-order valence-corrected chi connectivity index (χ2v) is 8.90. The number of hydrogen-bond acceptors (Lipinski definition) is 3. The summed E-state index contributed by atoms with van der Waals surface area (Å²) in [6.07, 6.45) is 2.37. The van der Waals surface area contributed by atoms with E-state index in [9.17, 15) is 0 Å². The average molecular weight is 495 g/mol. The zero-order chi connectivity index (χ0) is 21.8. The van der Waals surface area contributed by atoms with Gasteiger partial charge >= 0.3 is 0 Å². The molecule has 3 aromatic carbocycles. The molecule has 0 bridgehead atoms. The Morgan fingerprint density at radius 2 is 1.47 bits per heavy atom. The number of halogens is 2. The van der Waals surface area contributed by atoms with E-state index in [1.54, 1.807) is 0 Å². The lowest BCUT2D eigenvalue weighted by atomic mass is 9.97. The molecule has 1 fully saturated rings. The van der Waals surface area contributed by atoms with Crippen LogP contribution in [-0.4, -0.2) is 29.0 Å². The molecule has 1 N–H and O–H groups in total. The fourth-order valence-corrected chi connectivity index (χ4v) is 4.86. The Morgan fingerprint density at radius 1 is 0.853 bits per heavy atom. The van der Waals surface area contributed by atoms with Gasteiger partial charge in [0.1, 0.15) is 0 Å². The summed E-state index contributed by atoms with van der Waals surface area (Å²) in [5.41, 5.74) is 6.02. The van der Waals surface area contributed by atoms with E-state index in [-0.39, 0.29) is 30.9 Å². The third-order valence-corrected chi connectivity index (χ3v) is 6.61. The van der Waals surface area contributed by atoms with Crippen molar-refractivity contribution in [2.75, 3.05) is 13.1 Å². The van der Waals surface area contributed by atoms with E-state index in [0.29, 0.717) is 6.04 Å². The van der Waals surface area contributed by atoms with Crippen LogP contribution in [0.5, 0.6) is 0 Å². The maximum atomic E-state index is 4.95. The molecule has 1 aliphatic rings. The number of pyridine rings is 1.